The van der Waals surface area contributed by atoms with E-state index in [0.29, 0.717) is 18.2 Å². The van der Waals surface area contributed by atoms with Gasteiger partial charge >= 0.3 is 12.2 Å². The third kappa shape index (κ3) is 8.52. The van der Waals surface area contributed by atoms with Crippen LogP contribution in [0, 0.1) is 0 Å². The number of benzene rings is 3. The van der Waals surface area contributed by atoms with E-state index in [9.17, 15) is 28.0 Å². The fourth-order valence-electron chi connectivity index (χ4n) is 4.77. The highest BCUT2D eigenvalue weighted by Gasteiger charge is 2.34. The molecule has 0 saturated carbocycles. The van der Waals surface area contributed by atoms with Crippen LogP contribution in [0.25, 0.3) is 16.6 Å². The number of rotatable bonds is 12. The van der Waals surface area contributed by atoms with Crippen LogP contribution in [-0.4, -0.2) is 21.7 Å². The Morgan fingerprint density at radius 1 is 0.860 bits per heavy atom. The Kier molecular flexibility index (Phi) is 10.7. The van der Waals surface area contributed by atoms with Gasteiger partial charge in [0.05, 0.1) is 21.8 Å². The normalized spacial score (nSPS) is 11.5. The van der Waals surface area contributed by atoms with Crippen molar-refractivity contribution in [2.75, 3.05) is 15.7 Å². The number of aromatic nitrogens is 1. The van der Waals surface area contributed by atoms with Gasteiger partial charge in [-0.3, -0.25) is 10.0 Å². The standard InChI is InChI=1S/C32H34ClF3N4O3/c1-2-3-4-5-6-7-8-9-30(41)37-24-12-17-29-22(20-24)18-19-39(29)25-13-10-23(11-14-25)38-31(42)40(43)26-15-16-28(33)27(21-26)32(34,35)36/h10-21,43H,2-9H2,1H3,(H,37,41)(H,38,42). The number of amides is 3. The van der Waals surface area contributed by atoms with Gasteiger partial charge in [0.15, 0.2) is 0 Å². The molecule has 3 amide bonds. The molecular weight excluding hydrogens is 581 g/mol. The molecule has 1 heterocycles. The summed E-state index contributed by atoms with van der Waals surface area (Å²) in [6, 6.07) is 15.9. The zero-order valence-electron chi connectivity index (χ0n) is 23.8. The van der Waals surface area contributed by atoms with Crippen LogP contribution >= 0.6 is 11.6 Å². The molecule has 0 saturated heterocycles. The van der Waals surface area contributed by atoms with Crippen molar-refractivity contribution in [3.8, 4) is 5.69 Å². The van der Waals surface area contributed by atoms with Crippen LogP contribution in [0.15, 0.2) is 72.9 Å². The Morgan fingerprint density at radius 3 is 2.23 bits per heavy atom. The molecule has 3 N–H and O–H groups in total. The lowest BCUT2D eigenvalue weighted by Crippen LogP contribution is -2.32. The number of fused-ring (bicyclic) bond motifs is 1. The molecule has 0 aliphatic carbocycles. The summed E-state index contributed by atoms with van der Waals surface area (Å²) >= 11 is 5.61. The molecule has 3 aromatic carbocycles. The molecule has 0 unspecified atom stereocenters. The number of anilines is 3. The van der Waals surface area contributed by atoms with Crippen molar-refractivity contribution in [1.82, 2.24) is 4.57 Å². The number of hydrogen-bond donors (Lipinski definition) is 3. The van der Waals surface area contributed by atoms with Crippen LogP contribution in [0.4, 0.5) is 35.0 Å². The van der Waals surface area contributed by atoms with Crippen molar-refractivity contribution in [3.05, 3.63) is 83.5 Å². The first-order valence-electron chi connectivity index (χ1n) is 14.2. The van der Waals surface area contributed by atoms with Crippen LogP contribution in [0.3, 0.4) is 0 Å². The highest BCUT2D eigenvalue weighted by molar-refractivity contribution is 6.31. The topological polar surface area (TPSA) is 86.6 Å². The average Bonchev–Trinajstić information content (AvgIpc) is 3.39. The van der Waals surface area contributed by atoms with Gasteiger partial charge in [-0.15, -0.1) is 0 Å². The summed E-state index contributed by atoms with van der Waals surface area (Å²) in [7, 11) is 0. The number of hydrogen-bond acceptors (Lipinski definition) is 3. The first-order chi connectivity index (χ1) is 20.6. The van der Waals surface area contributed by atoms with Gasteiger partial charge in [0, 0.05) is 35.1 Å². The van der Waals surface area contributed by atoms with E-state index in [4.69, 9.17) is 11.6 Å². The summed E-state index contributed by atoms with van der Waals surface area (Å²) in [5, 5.41) is 16.1. The van der Waals surface area contributed by atoms with Crippen molar-refractivity contribution in [2.24, 2.45) is 0 Å². The molecule has 43 heavy (non-hydrogen) atoms. The molecule has 4 aromatic rings. The Bertz CT molecular complexity index is 1550. The predicted molar refractivity (Wildman–Crippen MR) is 164 cm³/mol. The van der Waals surface area contributed by atoms with E-state index >= 15 is 0 Å². The molecule has 0 fully saturated rings. The van der Waals surface area contributed by atoms with E-state index < -0.39 is 28.5 Å². The van der Waals surface area contributed by atoms with Gasteiger partial charge in [0.1, 0.15) is 0 Å². The molecule has 0 radical (unpaired) electrons. The van der Waals surface area contributed by atoms with Crippen molar-refractivity contribution in [3.63, 3.8) is 0 Å². The van der Waals surface area contributed by atoms with E-state index in [1.807, 2.05) is 35.0 Å². The monoisotopic (exact) mass is 614 g/mol. The molecule has 7 nitrogen and oxygen atoms in total. The molecule has 0 aliphatic rings. The minimum atomic E-state index is -4.74. The van der Waals surface area contributed by atoms with E-state index in [1.54, 1.807) is 24.3 Å². The van der Waals surface area contributed by atoms with Crippen molar-refractivity contribution in [1.29, 1.82) is 0 Å². The van der Waals surface area contributed by atoms with Crippen molar-refractivity contribution < 1.29 is 28.0 Å². The smallest absolute Gasteiger partial charge is 0.326 e. The summed E-state index contributed by atoms with van der Waals surface area (Å²) in [4.78, 5) is 24.9. The second-order valence-corrected chi connectivity index (χ2v) is 10.7. The lowest BCUT2D eigenvalue weighted by molar-refractivity contribution is -0.137. The van der Waals surface area contributed by atoms with Gasteiger partial charge in [-0.25, -0.2) is 4.79 Å². The van der Waals surface area contributed by atoms with Gasteiger partial charge in [-0.1, -0.05) is 57.0 Å². The zero-order valence-corrected chi connectivity index (χ0v) is 24.5. The molecule has 0 aliphatic heterocycles. The Morgan fingerprint density at radius 2 is 1.53 bits per heavy atom. The summed E-state index contributed by atoms with van der Waals surface area (Å²) in [5.41, 5.74) is 1.19. The molecule has 0 spiro atoms. The first kappa shape index (κ1) is 31.9. The third-order valence-electron chi connectivity index (χ3n) is 7.07. The van der Waals surface area contributed by atoms with Gasteiger partial charge in [0.2, 0.25) is 5.91 Å². The average molecular weight is 615 g/mol. The molecule has 4 rings (SSSR count). The van der Waals surface area contributed by atoms with Gasteiger partial charge in [-0.05, 0) is 73.2 Å². The Balaban J connectivity index is 1.34. The lowest BCUT2D eigenvalue weighted by atomic mass is 10.1. The molecule has 1 aromatic heterocycles. The Labute approximate surface area is 253 Å². The second kappa shape index (κ2) is 14.4. The molecule has 228 valence electrons. The number of nitrogens with zero attached hydrogens (tertiary/aromatic N) is 2. The number of alkyl halides is 3. The Hall–Kier alpha value is -4.02. The first-order valence-corrected chi connectivity index (χ1v) is 14.6. The molecule has 0 bridgehead atoms. The fraction of sp³-hybridized carbons (Fsp3) is 0.312. The zero-order chi connectivity index (χ0) is 31.0. The van der Waals surface area contributed by atoms with Crippen LogP contribution in [-0.2, 0) is 11.0 Å². The molecule has 11 heteroatoms. The molecular formula is C32H34ClF3N4O3. The number of nitrogens with one attached hydrogen (secondary N) is 2. The quantitative estimate of drug-likeness (QED) is 0.0843. The van der Waals surface area contributed by atoms with Crippen molar-refractivity contribution >= 4 is 51.5 Å². The van der Waals surface area contributed by atoms with Crippen LogP contribution < -0.4 is 15.7 Å². The van der Waals surface area contributed by atoms with Gasteiger partial charge < -0.3 is 15.2 Å². The SMILES string of the molecule is CCCCCCCCCC(=O)Nc1ccc2c(ccn2-c2ccc(NC(=O)N(O)c3ccc(Cl)c(C(F)(F)F)c3)cc2)c1. The minimum Gasteiger partial charge on any atom is -0.326 e. The van der Waals surface area contributed by atoms with E-state index in [0.717, 1.165) is 53.7 Å². The highest BCUT2D eigenvalue weighted by Crippen LogP contribution is 2.37. The number of carbonyl (C=O) groups is 2. The maximum atomic E-state index is 13.1. The van der Waals surface area contributed by atoms with E-state index in [2.05, 4.69) is 17.6 Å². The second-order valence-electron chi connectivity index (χ2n) is 10.3. The summed E-state index contributed by atoms with van der Waals surface area (Å²) < 4.78 is 41.4. The minimum absolute atomic E-state index is 0.00303. The lowest BCUT2D eigenvalue weighted by Gasteiger charge is -2.18. The summed E-state index contributed by atoms with van der Waals surface area (Å²) in [5.74, 6) is 0.00303. The van der Waals surface area contributed by atoms with Crippen molar-refractivity contribution in [2.45, 2.75) is 64.5 Å². The number of hydroxylamine groups is 1. The third-order valence-corrected chi connectivity index (χ3v) is 7.40. The number of urea groups is 1. The van der Waals surface area contributed by atoms with Gasteiger partial charge in [-0.2, -0.15) is 18.2 Å². The maximum Gasteiger partial charge on any atom is 0.417 e. The predicted octanol–water partition coefficient (Wildman–Crippen LogP) is 9.81. The van der Waals surface area contributed by atoms with Crippen LogP contribution in [0.1, 0.15) is 63.9 Å². The van der Waals surface area contributed by atoms with Crippen LogP contribution in [0.5, 0.6) is 0 Å². The largest absolute Gasteiger partial charge is 0.417 e. The number of carbonyl (C=O) groups excluding carboxylic acids is 2. The van der Waals surface area contributed by atoms with E-state index in [1.165, 1.54) is 25.7 Å². The number of halogens is 4. The maximum absolute atomic E-state index is 13.1. The number of unbranched alkanes of at least 4 members (excludes halogenated alkanes) is 6. The van der Waals surface area contributed by atoms with E-state index in [-0.39, 0.29) is 11.0 Å². The molecule has 0 atom stereocenters. The van der Waals surface area contributed by atoms with Gasteiger partial charge in [0.25, 0.3) is 0 Å². The summed E-state index contributed by atoms with van der Waals surface area (Å²) in [6.45, 7) is 2.20. The highest BCUT2D eigenvalue weighted by atomic mass is 35.5. The van der Waals surface area contributed by atoms with Crippen LogP contribution in [0.2, 0.25) is 5.02 Å². The summed E-state index contributed by atoms with van der Waals surface area (Å²) in [6.07, 6.45) is 5.71. The fourth-order valence-corrected chi connectivity index (χ4v) is 5.00.